The van der Waals surface area contributed by atoms with Gasteiger partial charge in [-0.1, -0.05) is 20.3 Å². The maximum absolute atomic E-state index is 10.4. The molecule has 0 saturated heterocycles. The van der Waals surface area contributed by atoms with Crippen molar-refractivity contribution < 1.29 is 5.11 Å². The predicted octanol–water partition coefficient (Wildman–Crippen LogP) is 1.70. The lowest BCUT2D eigenvalue weighted by Gasteiger charge is -2.44. The van der Waals surface area contributed by atoms with Crippen LogP contribution in [0.15, 0.2) is 12.4 Å². The van der Waals surface area contributed by atoms with Gasteiger partial charge in [0.1, 0.15) is 0 Å². The molecule has 96 valence electrons. The quantitative estimate of drug-likeness (QED) is 0.819. The van der Waals surface area contributed by atoms with Crippen molar-refractivity contribution in [1.29, 1.82) is 0 Å². The number of nitrogens with two attached hydrogens (primary N) is 1. The first-order chi connectivity index (χ1) is 8.07. The third-order valence-corrected chi connectivity index (χ3v) is 3.86. The lowest BCUT2D eigenvalue weighted by atomic mass is 9.64. The molecular formula is C13H23N3O. The van der Waals surface area contributed by atoms with E-state index in [0.717, 1.165) is 24.9 Å². The highest BCUT2D eigenvalue weighted by atomic mass is 16.3. The number of aliphatic hydroxyl groups excluding tert-OH is 1. The Balaban J connectivity index is 2.09. The molecule has 0 unspecified atom stereocenters. The monoisotopic (exact) mass is 237 g/mol. The molecule has 0 aromatic carbocycles. The lowest BCUT2D eigenvalue weighted by molar-refractivity contribution is -0.0297. The zero-order valence-electron chi connectivity index (χ0n) is 10.8. The average molecular weight is 237 g/mol. The molecule has 1 heterocycles. The maximum Gasteiger partial charge on any atom is 0.0888 e. The molecule has 1 aromatic rings. The van der Waals surface area contributed by atoms with Gasteiger partial charge >= 0.3 is 0 Å². The molecule has 1 aliphatic carbocycles. The number of hydrogen-bond acceptors (Lipinski definition) is 3. The Morgan fingerprint density at radius 1 is 1.53 bits per heavy atom. The van der Waals surface area contributed by atoms with Crippen molar-refractivity contribution in [2.75, 3.05) is 6.54 Å². The van der Waals surface area contributed by atoms with Crippen LogP contribution in [0.5, 0.6) is 0 Å². The van der Waals surface area contributed by atoms with Crippen LogP contribution in [0.25, 0.3) is 0 Å². The molecule has 3 N–H and O–H groups in total. The van der Waals surface area contributed by atoms with E-state index in [1.54, 1.807) is 6.20 Å². The Kier molecular flexibility index (Phi) is 3.54. The SMILES string of the molecule is CC(C)Cn1cc([C@H](O)C2(CN)CCC2)cn1. The van der Waals surface area contributed by atoms with Crippen LogP contribution in [0.1, 0.15) is 44.8 Å². The van der Waals surface area contributed by atoms with Gasteiger partial charge in [0.05, 0.1) is 12.3 Å². The van der Waals surface area contributed by atoms with E-state index in [1.807, 2.05) is 10.9 Å². The Labute approximate surface area is 103 Å². The Morgan fingerprint density at radius 2 is 2.24 bits per heavy atom. The van der Waals surface area contributed by atoms with Crippen LogP contribution in [0.4, 0.5) is 0 Å². The first-order valence-electron chi connectivity index (χ1n) is 6.48. The van der Waals surface area contributed by atoms with Gasteiger partial charge in [-0.2, -0.15) is 5.10 Å². The summed E-state index contributed by atoms with van der Waals surface area (Å²) in [6, 6.07) is 0. The molecule has 1 aliphatic rings. The summed E-state index contributed by atoms with van der Waals surface area (Å²) in [5.74, 6) is 0.562. The summed E-state index contributed by atoms with van der Waals surface area (Å²) >= 11 is 0. The van der Waals surface area contributed by atoms with E-state index in [1.165, 1.54) is 6.42 Å². The molecule has 1 saturated carbocycles. The zero-order valence-corrected chi connectivity index (χ0v) is 10.8. The Hall–Kier alpha value is -0.870. The second kappa shape index (κ2) is 4.78. The van der Waals surface area contributed by atoms with Crippen molar-refractivity contribution in [3.63, 3.8) is 0 Å². The minimum Gasteiger partial charge on any atom is -0.388 e. The smallest absolute Gasteiger partial charge is 0.0888 e. The fourth-order valence-corrected chi connectivity index (χ4v) is 2.57. The molecule has 0 radical (unpaired) electrons. The lowest BCUT2D eigenvalue weighted by Crippen LogP contribution is -2.42. The van der Waals surface area contributed by atoms with Gasteiger partial charge in [0, 0.05) is 30.3 Å². The summed E-state index contributed by atoms with van der Waals surface area (Å²) < 4.78 is 1.91. The molecule has 2 rings (SSSR count). The van der Waals surface area contributed by atoms with E-state index in [0.29, 0.717) is 12.5 Å². The summed E-state index contributed by atoms with van der Waals surface area (Å²) in [6.07, 6.45) is 6.51. The molecule has 0 bridgehead atoms. The van der Waals surface area contributed by atoms with Crippen molar-refractivity contribution in [2.24, 2.45) is 17.1 Å². The van der Waals surface area contributed by atoms with Gasteiger partial charge in [0.2, 0.25) is 0 Å². The molecular weight excluding hydrogens is 214 g/mol. The van der Waals surface area contributed by atoms with Gasteiger partial charge in [-0.3, -0.25) is 4.68 Å². The summed E-state index contributed by atoms with van der Waals surface area (Å²) in [5.41, 5.74) is 6.63. The number of rotatable bonds is 5. The standard InChI is InChI=1S/C13H23N3O/c1-10(2)7-16-8-11(6-15-16)12(17)13(9-14)4-3-5-13/h6,8,10,12,17H,3-5,7,9,14H2,1-2H3/t12-/m0/s1. The molecule has 4 nitrogen and oxygen atoms in total. The van der Waals surface area contributed by atoms with Crippen LogP contribution in [0, 0.1) is 11.3 Å². The van der Waals surface area contributed by atoms with E-state index >= 15 is 0 Å². The van der Waals surface area contributed by atoms with Crippen LogP contribution in [-0.2, 0) is 6.54 Å². The molecule has 4 heteroatoms. The largest absolute Gasteiger partial charge is 0.388 e. The van der Waals surface area contributed by atoms with Crippen molar-refractivity contribution in [2.45, 2.75) is 45.8 Å². The van der Waals surface area contributed by atoms with E-state index in [-0.39, 0.29) is 5.41 Å². The second-order valence-electron chi connectivity index (χ2n) is 5.71. The van der Waals surface area contributed by atoms with Gasteiger partial charge in [-0.15, -0.1) is 0 Å². The third kappa shape index (κ3) is 2.38. The Bertz CT molecular complexity index is 363. The first-order valence-corrected chi connectivity index (χ1v) is 6.48. The van der Waals surface area contributed by atoms with Crippen LogP contribution in [0.2, 0.25) is 0 Å². The molecule has 1 aromatic heterocycles. The minimum atomic E-state index is -0.456. The highest BCUT2D eigenvalue weighted by molar-refractivity contribution is 5.14. The average Bonchev–Trinajstić information content (AvgIpc) is 2.64. The highest BCUT2D eigenvalue weighted by Crippen LogP contribution is 2.49. The molecule has 17 heavy (non-hydrogen) atoms. The molecule has 1 fully saturated rings. The van der Waals surface area contributed by atoms with Crippen molar-refractivity contribution >= 4 is 0 Å². The van der Waals surface area contributed by atoms with Crippen LogP contribution >= 0.6 is 0 Å². The number of aromatic nitrogens is 2. The maximum atomic E-state index is 10.4. The molecule has 0 spiro atoms. The first kappa shape index (κ1) is 12.6. The van der Waals surface area contributed by atoms with Crippen LogP contribution in [-0.4, -0.2) is 21.4 Å². The van der Waals surface area contributed by atoms with Gasteiger partial charge in [0.25, 0.3) is 0 Å². The number of aliphatic hydroxyl groups is 1. The van der Waals surface area contributed by atoms with E-state index in [4.69, 9.17) is 5.73 Å². The van der Waals surface area contributed by atoms with Gasteiger partial charge in [-0.05, 0) is 18.8 Å². The fraction of sp³-hybridized carbons (Fsp3) is 0.769. The summed E-state index contributed by atoms with van der Waals surface area (Å²) in [5, 5.41) is 14.7. The van der Waals surface area contributed by atoms with Crippen LogP contribution in [0.3, 0.4) is 0 Å². The second-order valence-corrected chi connectivity index (χ2v) is 5.71. The van der Waals surface area contributed by atoms with Crippen molar-refractivity contribution in [3.05, 3.63) is 18.0 Å². The van der Waals surface area contributed by atoms with Crippen molar-refractivity contribution in [1.82, 2.24) is 9.78 Å². The third-order valence-electron chi connectivity index (χ3n) is 3.86. The fourth-order valence-electron chi connectivity index (χ4n) is 2.57. The number of hydrogen-bond donors (Lipinski definition) is 2. The van der Waals surface area contributed by atoms with E-state index in [2.05, 4.69) is 18.9 Å². The van der Waals surface area contributed by atoms with E-state index in [9.17, 15) is 5.11 Å². The topological polar surface area (TPSA) is 64.1 Å². The summed E-state index contributed by atoms with van der Waals surface area (Å²) in [4.78, 5) is 0. The highest BCUT2D eigenvalue weighted by Gasteiger charge is 2.43. The van der Waals surface area contributed by atoms with Crippen molar-refractivity contribution in [3.8, 4) is 0 Å². The Morgan fingerprint density at radius 3 is 2.71 bits per heavy atom. The summed E-state index contributed by atoms with van der Waals surface area (Å²) in [7, 11) is 0. The predicted molar refractivity (Wildman–Crippen MR) is 67.4 cm³/mol. The van der Waals surface area contributed by atoms with Crippen LogP contribution < -0.4 is 5.73 Å². The minimum absolute atomic E-state index is 0.0916. The normalized spacial score (nSPS) is 20.3. The van der Waals surface area contributed by atoms with Gasteiger partial charge in [0.15, 0.2) is 0 Å². The van der Waals surface area contributed by atoms with E-state index < -0.39 is 6.10 Å². The van der Waals surface area contributed by atoms with Gasteiger partial charge < -0.3 is 10.8 Å². The molecule has 0 aliphatic heterocycles. The molecule has 0 amide bonds. The molecule has 1 atom stereocenters. The summed E-state index contributed by atoms with van der Waals surface area (Å²) in [6.45, 7) is 5.77. The zero-order chi connectivity index (χ0) is 12.5. The van der Waals surface area contributed by atoms with Gasteiger partial charge in [-0.25, -0.2) is 0 Å². The number of nitrogens with zero attached hydrogens (tertiary/aromatic N) is 2.